The van der Waals surface area contributed by atoms with Gasteiger partial charge in [0.15, 0.2) is 0 Å². The van der Waals surface area contributed by atoms with Crippen molar-refractivity contribution >= 4 is 5.97 Å². The van der Waals surface area contributed by atoms with Crippen LogP contribution >= 0.6 is 0 Å². The zero-order valence-electron chi connectivity index (χ0n) is 13.2. The number of aliphatic hydroxyl groups is 1. The van der Waals surface area contributed by atoms with Gasteiger partial charge in [0.05, 0.1) is 11.5 Å². The highest BCUT2D eigenvalue weighted by molar-refractivity contribution is 5.70. The molecule has 0 amide bonds. The summed E-state index contributed by atoms with van der Waals surface area (Å²) in [6, 6.07) is 0.339. The molecule has 5 heteroatoms. The predicted molar refractivity (Wildman–Crippen MR) is 79.7 cm³/mol. The van der Waals surface area contributed by atoms with E-state index in [1.54, 1.807) is 0 Å². The van der Waals surface area contributed by atoms with E-state index in [-0.39, 0.29) is 5.92 Å². The zero-order valence-corrected chi connectivity index (χ0v) is 13.2. The Morgan fingerprint density at radius 3 is 2.30 bits per heavy atom. The largest absolute Gasteiger partial charge is 0.481 e. The first-order valence-electron chi connectivity index (χ1n) is 7.57. The van der Waals surface area contributed by atoms with Crippen LogP contribution < -0.4 is 5.32 Å². The second kappa shape index (κ2) is 7.38. The van der Waals surface area contributed by atoms with Gasteiger partial charge in [0.2, 0.25) is 0 Å². The van der Waals surface area contributed by atoms with Gasteiger partial charge in [-0.1, -0.05) is 13.8 Å². The lowest BCUT2D eigenvalue weighted by atomic mass is 9.78. The van der Waals surface area contributed by atoms with Crippen molar-refractivity contribution in [3.63, 3.8) is 0 Å². The Morgan fingerprint density at radius 1 is 1.35 bits per heavy atom. The van der Waals surface area contributed by atoms with Crippen LogP contribution in [0.5, 0.6) is 0 Å². The monoisotopic (exact) mass is 286 g/mol. The number of likely N-dealkylation sites (N-methyl/N-ethyl adjacent to an activating group) is 1. The van der Waals surface area contributed by atoms with E-state index in [4.69, 9.17) is 5.11 Å². The van der Waals surface area contributed by atoms with Crippen molar-refractivity contribution in [2.45, 2.75) is 51.2 Å². The van der Waals surface area contributed by atoms with Crippen molar-refractivity contribution in [1.82, 2.24) is 10.2 Å². The van der Waals surface area contributed by atoms with Gasteiger partial charge in [0, 0.05) is 19.1 Å². The molecule has 1 aliphatic rings. The maximum atomic E-state index is 10.9. The first-order chi connectivity index (χ1) is 9.23. The van der Waals surface area contributed by atoms with Crippen LogP contribution in [0.2, 0.25) is 0 Å². The highest BCUT2D eigenvalue weighted by atomic mass is 16.4. The van der Waals surface area contributed by atoms with Gasteiger partial charge in [-0.05, 0) is 45.7 Å². The Hall–Kier alpha value is -0.650. The third-order valence-electron chi connectivity index (χ3n) is 4.33. The third kappa shape index (κ3) is 5.38. The predicted octanol–water partition coefficient (Wildman–Crippen LogP) is 1.17. The number of carboxylic acid groups (broad SMARTS) is 1. The van der Waals surface area contributed by atoms with Crippen LogP contribution in [0.1, 0.15) is 39.5 Å². The molecule has 0 aromatic rings. The number of hydrogen-bond acceptors (Lipinski definition) is 4. The van der Waals surface area contributed by atoms with Crippen molar-refractivity contribution < 1.29 is 15.0 Å². The second-order valence-corrected chi connectivity index (χ2v) is 6.83. The molecular weight excluding hydrogens is 256 g/mol. The average Bonchev–Trinajstić information content (AvgIpc) is 2.34. The van der Waals surface area contributed by atoms with E-state index < -0.39 is 11.6 Å². The molecule has 0 saturated heterocycles. The molecule has 0 bridgehead atoms. The summed E-state index contributed by atoms with van der Waals surface area (Å²) < 4.78 is 0. The zero-order chi connectivity index (χ0) is 15.3. The topological polar surface area (TPSA) is 72.8 Å². The van der Waals surface area contributed by atoms with Gasteiger partial charge in [-0.2, -0.15) is 0 Å². The number of hydrogen-bond donors (Lipinski definition) is 3. The molecule has 5 nitrogen and oxygen atoms in total. The number of aliphatic carboxylic acids is 1. The lowest BCUT2D eigenvalue weighted by Gasteiger charge is -2.37. The van der Waals surface area contributed by atoms with Crippen LogP contribution in [0.3, 0.4) is 0 Å². The highest BCUT2D eigenvalue weighted by Crippen LogP contribution is 2.32. The number of rotatable bonds is 7. The molecule has 1 aliphatic carbocycles. The normalized spacial score (nSPS) is 28.9. The Kier molecular flexibility index (Phi) is 6.43. The molecule has 0 radical (unpaired) electrons. The number of nitrogens with one attached hydrogen (secondary N) is 1. The van der Waals surface area contributed by atoms with Crippen LogP contribution in [0.25, 0.3) is 0 Å². The molecule has 1 fully saturated rings. The SMILES string of the molecule is CC(C)C(CN(C)C)NCC1(O)CCC(C(=O)O)CC1. The Labute approximate surface area is 122 Å². The minimum absolute atomic E-state index is 0.280. The van der Waals surface area contributed by atoms with Crippen molar-refractivity contribution in [1.29, 1.82) is 0 Å². The average molecular weight is 286 g/mol. The third-order valence-corrected chi connectivity index (χ3v) is 4.33. The van der Waals surface area contributed by atoms with E-state index in [1.807, 2.05) is 14.1 Å². The molecule has 1 unspecified atom stereocenters. The molecular formula is C15H30N2O3. The van der Waals surface area contributed by atoms with Gasteiger partial charge in [0.25, 0.3) is 0 Å². The molecule has 118 valence electrons. The maximum Gasteiger partial charge on any atom is 0.306 e. The summed E-state index contributed by atoms with van der Waals surface area (Å²) in [5.74, 6) is -0.512. The fourth-order valence-electron chi connectivity index (χ4n) is 2.80. The minimum atomic E-state index is -0.745. The van der Waals surface area contributed by atoms with Crippen LogP contribution in [-0.4, -0.2) is 59.9 Å². The fourth-order valence-corrected chi connectivity index (χ4v) is 2.80. The van der Waals surface area contributed by atoms with Crippen molar-refractivity contribution in [2.75, 3.05) is 27.2 Å². The molecule has 0 heterocycles. The van der Waals surface area contributed by atoms with Crippen LogP contribution in [0, 0.1) is 11.8 Å². The smallest absolute Gasteiger partial charge is 0.306 e. The molecule has 1 atom stereocenters. The summed E-state index contributed by atoms with van der Waals surface area (Å²) in [5, 5.41) is 23.0. The molecule has 20 heavy (non-hydrogen) atoms. The second-order valence-electron chi connectivity index (χ2n) is 6.83. The van der Waals surface area contributed by atoms with Crippen molar-refractivity contribution in [3.05, 3.63) is 0 Å². The number of carboxylic acids is 1. The van der Waals surface area contributed by atoms with Crippen LogP contribution in [0.15, 0.2) is 0 Å². The Balaban J connectivity index is 2.45. The fraction of sp³-hybridized carbons (Fsp3) is 0.933. The van der Waals surface area contributed by atoms with Gasteiger partial charge in [-0.15, -0.1) is 0 Å². The van der Waals surface area contributed by atoms with Gasteiger partial charge < -0.3 is 20.4 Å². The molecule has 3 N–H and O–H groups in total. The molecule has 0 spiro atoms. The van der Waals surface area contributed by atoms with Crippen LogP contribution in [-0.2, 0) is 4.79 Å². The molecule has 1 saturated carbocycles. The summed E-state index contributed by atoms with van der Waals surface area (Å²) in [4.78, 5) is 13.1. The summed E-state index contributed by atoms with van der Waals surface area (Å²) >= 11 is 0. The summed E-state index contributed by atoms with van der Waals surface area (Å²) in [6.45, 7) is 5.83. The van der Waals surface area contributed by atoms with E-state index in [0.717, 1.165) is 6.54 Å². The number of nitrogens with zero attached hydrogens (tertiary/aromatic N) is 1. The quantitative estimate of drug-likeness (QED) is 0.655. The minimum Gasteiger partial charge on any atom is -0.481 e. The highest BCUT2D eigenvalue weighted by Gasteiger charge is 2.36. The summed E-state index contributed by atoms with van der Waals surface area (Å²) in [6.07, 6.45) is 2.30. The lowest BCUT2D eigenvalue weighted by Crippen LogP contribution is -2.51. The Bertz CT molecular complexity index is 310. The Morgan fingerprint density at radius 2 is 1.90 bits per heavy atom. The summed E-state index contributed by atoms with van der Waals surface area (Å²) in [5.41, 5.74) is -0.745. The molecule has 0 aromatic carbocycles. The molecule has 1 rings (SSSR count). The summed E-state index contributed by atoms with van der Waals surface area (Å²) in [7, 11) is 4.09. The number of carbonyl (C=O) groups is 1. The standard InChI is InChI=1S/C15H30N2O3/c1-11(2)13(9-17(3)4)16-10-15(20)7-5-12(6-8-15)14(18)19/h11-13,16,20H,5-10H2,1-4H3,(H,18,19). The molecule has 0 aromatic heterocycles. The molecule has 0 aliphatic heterocycles. The van der Waals surface area contributed by atoms with E-state index in [2.05, 4.69) is 24.1 Å². The van der Waals surface area contributed by atoms with E-state index in [0.29, 0.717) is 44.2 Å². The van der Waals surface area contributed by atoms with E-state index in [9.17, 15) is 9.90 Å². The van der Waals surface area contributed by atoms with Gasteiger partial charge in [0.1, 0.15) is 0 Å². The lowest BCUT2D eigenvalue weighted by molar-refractivity contribution is -0.144. The van der Waals surface area contributed by atoms with Crippen molar-refractivity contribution in [3.8, 4) is 0 Å². The first kappa shape index (κ1) is 17.4. The van der Waals surface area contributed by atoms with E-state index >= 15 is 0 Å². The van der Waals surface area contributed by atoms with Gasteiger partial charge in [-0.25, -0.2) is 0 Å². The van der Waals surface area contributed by atoms with Gasteiger partial charge >= 0.3 is 5.97 Å². The van der Waals surface area contributed by atoms with Gasteiger partial charge in [-0.3, -0.25) is 4.79 Å². The van der Waals surface area contributed by atoms with Crippen molar-refractivity contribution in [2.24, 2.45) is 11.8 Å². The van der Waals surface area contributed by atoms with Crippen LogP contribution in [0.4, 0.5) is 0 Å². The van der Waals surface area contributed by atoms with E-state index in [1.165, 1.54) is 0 Å². The maximum absolute atomic E-state index is 10.9. The first-order valence-corrected chi connectivity index (χ1v) is 7.57.